The highest BCUT2D eigenvalue weighted by Gasteiger charge is 2.29. The molecule has 3 rings (SSSR count). The van der Waals surface area contributed by atoms with Gasteiger partial charge in [-0.05, 0) is 43.5 Å². The highest BCUT2D eigenvalue weighted by Crippen LogP contribution is 2.24. The van der Waals surface area contributed by atoms with Crippen LogP contribution in [0.2, 0.25) is 0 Å². The third-order valence-electron chi connectivity index (χ3n) is 4.14. The molecule has 1 atom stereocenters. The summed E-state index contributed by atoms with van der Waals surface area (Å²) in [5.41, 5.74) is 1.18. The Hall–Kier alpha value is -2.20. The van der Waals surface area contributed by atoms with Crippen LogP contribution >= 0.6 is 11.8 Å². The standard InChI is InChI=1S/C17H19N3O5S2/c1-11(21)13-2-4-14(5-3-13)18-15(22)9-26-17-20-19-16(25-17)8-12-6-7-27(23,24)10-12/h2-5,12H,6-10H2,1H3,(H,18,22)/t12-/m1/s1. The number of carbonyl (C=O) groups is 2. The maximum atomic E-state index is 12.0. The van der Waals surface area contributed by atoms with Crippen LogP contribution in [0.3, 0.4) is 0 Å². The van der Waals surface area contributed by atoms with Gasteiger partial charge < -0.3 is 9.73 Å². The summed E-state index contributed by atoms with van der Waals surface area (Å²) in [6.07, 6.45) is 1.04. The molecule has 1 fully saturated rings. The van der Waals surface area contributed by atoms with E-state index in [1.807, 2.05) is 0 Å². The first kappa shape index (κ1) is 19.6. The number of hydrogen-bond acceptors (Lipinski definition) is 8. The van der Waals surface area contributed by atoms with Crippen molar-refractivity contribution in [3.8, 4) is 0 Å². The lowest BCUT2D eigenvalue weighted by molar-refractivity contribution is -0.113. The molecule has 1 aromatic heterocycles. The van der Waals surface area contributed by atoms with E-state index in [-0.39, 0.29) is 40.1 Å². The highest BCUT2D eigenvalue weighted by molar-refractivity contribution is 7.99. The molecule has 1 saturated heterocycles. The Labute approximate surface area is 161 Å². The molecular weight excluding hydrogens is 390 g/mol. The Morgan fingerprint density at radius 1 is 1.26 bits per heavy atom. The Morgan fingerprint density at radius 2 is 2.00 bits per heavy atom. The van der Waals surface area contributed by atoms with E-state index in [9.17, 15) is 18.0 Å². The van der Waals surface area contributed by atoms with Crippen molar-refractivity contribution in [3.63, 3.8) is 0 Å². The molecule has 0 unspecified atom stereocenters. The number of Topliss-reactive ketones (excluding diaryl/α,β-unsaturated/α-hetero) is 1. The number of carbonyl (C=O) groups excluding carboxylic acids is 2. The van der Waals surface area contributed by atoms with Crippen LogP contribution in [0.25, 0.3) is 0 Å². The smallest absolute Gasteiger partial charge is 0.277 e. The van der Waals surface area contributed by atoms with Crippen molar-refractivity contribution in [2.24, 2.45) is 5.92 Å². The minimum atomic E-state index is -2.93. The van der Waals surface area contributed by atoms with Crippen LogP contribution in [0, 0.1) is 5.92 Å². The number of aromatic nitrogens is 2. The van der Waals surface area contributed by atoms with Crippen LogP contribution in [0.5, 0.6) is 0 Å². The molecular formula is C17H19N3O5S2. The van der Waals surface area contributed by atoms with Crippen molar-refractivity contribution in [2.45, 2.75) is 25.0 Å². The number of sulfone groups is 1. The Bertz CT molecular complexity index is 938. The van der Waals surface area contributed by atoms with E-state index in [1.54, 1.807) is 24.3 Å². The van der Waals surface area contributed by atoms with Crippen molar-refractivity contribution in [3.05, 3.63) is 35.7 Å². The Kier molecular flexibility index (Phi) is 5.95. The molecule has 27 heavy (non-hydrogen) atoms. The maximum Gasteiger partial charge on any atom is 0.277 e. The topological polar surface area (TPSA) is 119 Å². The number of thioether (sulfide) groups is 1. The van der Waals surface area contributed by atoms with Crippen LogP contribution in [-0.2, 0) is 21.1 Å². The van der Waals surface area contributed by atoms with E-state index in [0.29, 0.717) is 30.0 Å². The molecule has 144 valence electrons. The van der Waals surface area contributed by atoms with Crippen LogP contribution in [-0.4, -0.2) is 47.6 Å². The van der Waals surface area contributed by atoms with E-state index in [0.717, 1.165) is 11.8 Å². The van der Waals surface area contributed by atoms with Gasteiger partial charge in [0.05, 0.1) is 17.3 Å². The molecule has 0 bridgehead atoms. The normalized spacial score (nSPS) is 18.3. The fourth-order valence-electron chi connectivity index (χ4n) is 2.77. The second-order valence-corrected chi connectivity index (χ2v) is 9.56. The maximum absolute atomic E-state index is 12.0. The van der Waals surface area contributed by atoms with Gasteiger partial charge in [0.15, 0.2) is 15.6 Å². The molecule has 1 N–H and O–H groups in total. The molecule has 0 radical (unpaired) electrons. The first-order valence-electron chi connectivity index (χ1n) is 8.37. The highest BCUT2D eigenvalue weighted by atomic mass is 32.2. The summed E-state index contributed by atoms with van der Waals surface area (Å²) < 4.78 is 28.5. The number of benzene rings is 1. The van der Waals surface area contributed by atoms with E-state index in [4.69, 9.17) is 4.42 Å². The predicted octanol–water partition coefficient (Wildman–Crippen LogP) is 1.98. The molecule has 8 nitrogen and oxygen atoms in total. The quantitative estimate of drug-likeness (QED) is 0.544. The monoisotopic (exact) mass is 409 g/mol. The van der Waals surface area contributed by atoms with Gasteiger partial charge in [0.25, 0.3) is 5.22 Å². The first-order chi connectivity index (χ1) is 12.8. The summed E-state index contributed by atoms with van der Waals surface area (Å²) in [5, 5.41) is 10.8. The van der Waals surface area contributed by atoms with Gasteiger partial charge in [0, 0.05) is 17.7 Å². The van der Waals surface area contributed by atoms with Crippen molar-refractivity contribution in [1.29, 1.82) is 0 Å². The van der Waals surface area contributed by atoms with E-state index >= 15 is 0 Å². The Balaban J connectivity index is 1.46. The van der Waals surface area contributed by atoms with Gasteiger partial charge in [-0.1, -0.05) is 11.8 Å². The fraction of sp³-hybridized carbons (Fsp3) is 0.412. The van der Waals surface area contributed by atoms with Gasteiger partial charge in [0.1, 0.15) is 0 Å². The number of rotatable bonds is 7. The van der Waals surface area contributed by atoms with Crippen molar-refractivity contribution in [1.82, 2.24) is 10.2 Å². The molecule has 2 aromatic rings. The lowest BCUT2D eigenvalue weighted by atomic mass is 10.1. The number of hydrogen-bond donors (Lipinski definition) is 1. The lowest BCUT2D eigenvalue weighted by Crippen LogP contribution is -2.14. The van der Waals surface area contributed by atoms with E-state index < -0.39 is 9.84 Å². The molecule has 0 aliphatic carbocycles. The van der Waals surface area contributed by atoms with Crippen LogP contribution in [0.15, 0.2) is 33.9 Å². The lowest BCUT2D eigenvalue weighted by Gasteiger charge is -2.04. The zero-order valence-electron chi connectivity index (χ0n) is 14.7. The SMILES string of the molecule is CC(=O)c1ccc(NC(=O)CSc2nnc(C[C@H]3CCS(=O)(=O)C3)o2)cc1. The van der Waals surface area contributed by atoms with Crippen LogP contribution in [0.1, 0.15) is 29.6 Å². The minimum absolute atomic E-state index is 0.00886. The third-order valence-corrected chi connectivity index (χ3v) is 6.80. The zero-order chi connectivity index (χ0) is 19.4. The second-order valence-electron chi connectivity index (χ2n) is 6.41. The molecule has 1 aromatic carbocycles. The average Bonchev–Trinajstić information content (AvgIpc) is 3.19. The van der Waals surface area contributed by atoms with Gasteiger partial charge in [0.2, 0.25) is 11.8 Å². The summed E-state index contributed by atoms with van der Waals surface area (Å²) in [6.45, 7) is 1.48. The molecule has 1 amide bonds. The van der Waals surface area contributed by atoms with Gasteiger partial charge in [-0.3, -0.25) is 9.59 Å². The van der Waals surface area contributed by atoms with Gasteiger partial charge in [-0.25, -0.2) is 8.42 Å². The van der Waals surface area contributed by atoms with Crippen molar-refractivity contribution in [2.75, 3.05) is 22.6 Å². The number of amides is 1. The molecule has 2 heterocycles. The second kappa shape index (κ2) is 8.22. The number of anilines is 1. The summed E-state index contributed by atoms with van der Waals surface area (Å²) in [7, 11) is -2.93. The van der Waals surface area contributed by atoms with E-state index in [2.05, 4.69) is 15.5 Å². The third kappa shape index (κ3) is 5.64. The summed E-state index contributed by atoms with van der Waals surface area (Å²) in [4.78, 5) is 23.2. The zero-order valence-corrected chi connectivity index (χ0v) is 16.3. The molecule has 10 heteroatoms. The Morgan fingerprint density at radius 3 is 2.63 bits per heavy atom. The predicted molar refractivity (Wildman–Crippen MR) is 101 cm³/mol. The van der Waals surface area contributed by atoms with Crippen molar-refractivity contribution >= 4 is 39.0 Å². The van der Waals surface area contributed by atoms with E-state index in [1.165, 1.54) is 6.92 Å². The minimum Gasteiger partial charge on any atom is -0.416 e. The number of nitrogens with one attached hydrogen (secondary N) is 1. The van der Waals surface area contributed by atoms with Crippen LogP contribution in [0.4, 0.5) is 5.69 Å². The molecule has 0 saturated carbocycles. The summed E-state index contributed by atoms with van der Waals surface area (Å²) in [5.74, 6) is 0.579. The molecule has 1 aliphatic heterocycles. The first-order valence-corrected chi connectivity index (χ1v) is 11.2. The molecule has 0 spiro atoms. The van der Waals surface area contributed by atoms with Crippen LogP contribution < -0.4 is 5.32 Å². The fourth-order valence-corrected chi connectivity index (χ4v) is 5.21. The largest absolute Gasteiger partial charge is 0.416 e. The average molecular weight is 409 g/mol. The number of ketones is 1. The summed E-state index contributed by atoms with van der Waals surface area (Å²) in [6, 6.07) is 6.64. The number of nitrogens with zero attached hydrogens (tertiary/aromatic N) is 2. The van der Waals surface area contributed by atoms with Crippen molar-refractivity contribution < 1.29 is 22.4 Å². The van der Waals surface area contributed by atoms with Gasteiger partial charge >= 0.3 is 0 Å². The summed E-state index contributed by atoms with van der Waals surface area (Å²) >= 11 is 1.11. The van der Waals surface area contributed by atoms with Gasteiger partial charge in [-0.15, -0.1) is 10.2 Å². The molecule has 1 aliphatic rings. The van der Waals surface area contributed by atoms with Gasteiger partial charge in [-0.2, -0.15) is 0 Å².